The Labute approximate surface area is 214 Å². The summed E-state index contributed by atoms with van der Waals surface area (Å²) in [6.07, 6.45) is 2.43. The van der Waals surface area contributed by atoms with Crippen LogP contribution in [-0.4, -0.2) is 50.0 Å². The van der Waals surface area contributed by atoms with Gasteiger partial charge in [0.15, 0.2) is 0 Å². The molecule has 2 rings (SSSR count). The van der Waals surface area contributed by atoms with Crippen LogP contribution in [0.3, 0.4) is 0 Å². The van der Waals surface area contributed by atoms with Crippen molar-refractivity contribution in [2.75, 3.05) is 17.1 Å². The average Bonchev–Trinajstić information content (AvgIpc) is 2.78. The van der Waals surface area contributed by atoms with Crippen molar-refractivity contribution in [3.8, 4) is 0 Å². The third-order valence-electron chi connectivity index (χ3n) is 5.62. The average molecular weight is 522 g/mol. The van der Waals surface area contributed by atoms with Crippen LogP contribution in [-0.2, 0) is 32.6 Å². The van der Waals surface area contributed by atoms with E-state index in [0.717, 1.165) is 23.8 Å². The number of nitrogens with one attached hydrogen (secondary N) is 1. The van der Waals surface area contributed by atoms with Crippen LogP contribution >= 0.6 is 11.6 Å². The number of aryl methyl sites for hydroxylation is 1. The third kappa shape index (κ3) is 8.85. The van der Waals surface area contributed by atoms with Gasteiger partial charge in [-0.1, -0.05) is 42.8 Å². The van der Waals surface area contributed by atoms with E-state index < -0.39 is 16.1 Å². The van der Waals surface area contributed by atoms with Gasteiger partial charge in [-0.05, 0) is 69.0 Å². The summed E-state index contributed by atoms with van der Waals surface area (Å²) in [6, 6.07) is 13.8. The fourth-order valence-corrected chi connectivity index (χ4v) is 4.90. The Balaban J connectivity index is 2.16. The molecule has 0 aliphatic carbocycles. The molecule has 7 nitrogen and oxygen atoms in total. The summed E-state index contributed by atoms with van der Waals surface area (Å²) in [6.45, 7) is 7.83. The highest BCUT2D eigenvalue weighted by Crippen LogP contribution is 2.20. The van der Waals surface area contributed by atoms with E-state index in [-0.39, 0.29) is 37.4 Å². The topological polar surface area (TPSA) is 86.8 Å². The van der Waals surface area contributed by atoms with Crippen LogP contribution in [0.5, 0.6) is 0 Å². The standard InChI is InChI=1S/C26H36ClN3O4S/c1-6-21-12-14-24(15-13-21)30(35(5,33)34)16-8-11-25(31)29(20(4)26(32)28-19(2)3)18-22-9-7-10-23(27)17-22/h7,9-10,12-15,17,19-20H,6,8,11,16,18H2,1-5H3,(H,28,32)/t20-/m0/s1. The number of hydrogen-bond donors (Lipinski definition) is 1. The fraction of sp³-hybridized carbons (Fsp3) is 0.462. The van der Waals surface area contributed by atoms with Crippen LogP contribution in [0.25, 0.3) is 0 Å². The number of amides is 2. The van der Waals surface area contributed by atoms with Gasteiger partial charge in [0.25, 0.3) is 0 Å². The van der Waals surface area contributed by atoms with E-state index in [1.807, 2.05) is 39.0 Å². The summed E-state index contributed by atoms with van der Waals surface area (Å²) in [5.41, 5.74) is 2.49. The first-order valence-electron chi connectivity index (χ1n) is 11.8. The molecule has 1 atom stereocenters. The van der Waals surface area contributed by atoms with Crippen LogP contribution < -0.4 is 9.62 Å². The van der Waals surface area contributed by atoms with Gasteiger partial charge < -0.3 is 10.2 Å². The molecular weight excluding hydrogens is 486 g/mol. The van der Waals surface area contributed by atoms with Crippen LogP contribution in [0.1, 0.15) is 51.7 Å². The summed E-state index contributed by atoms with van der Waals surface area (Å²) < 4.78 is 26.2. The highest BCUT2D eigenvalue weighted by molar-refractivity contribution is 7.92. The van der Waals surface area contributed by atoms with Gasteiger partial charge in [0.2, 0.25) is 21.8 Å². The molecule has 9 heteroatoms. The van der Waals surface area contributed by atoms with E-state index in [4.69, 9.17) is 11.6 Å². The number of sulfonamides is 1. The van der Waals surface area contributed by atoms with Gasteiger partial charge in [-0.2, -0.15) is 0 Å². The molecule has 0 heterocycles. The van der Waals surface area contributed by atoms with Gasteiger partial charge in [-0.25, -0.2) is 8.42 Å². The number of anilines is 1. The first-order valence-corrected chi connectivity index (χ1v) is 14.1. The molecule has 0 unspecified atom stereocenters. The SMILES string of the molecule is CCc1ccc(N(CCCC(=O)N(Cc2cccc(Cl)c2)[C@@H](C)C(=O)NC(C)C)S(C)(=O)=O)cc1. The Morgan fingerprint density at radius 3 is 2.23 bits per heavy atom. The maximum atomic E-state index is 13.3. The number of halogens is 1. The van der Waals surface area contributed by atoms with E-state index in [9.17, 15) is 18.0 Å². The minimum atomic E-state index is -3.52. The minimum absolute atomic E-state index is 0.0597. The van der Waals surface area contributed by atoms with Gasteiger partial charge in [0.05, 0.1) is 11.9 Å². The van der Waals surface area contributed by atoms with Crippen molar-refractivity contribution in [2.24, 2.45) is 0 Å². The van der Waals surface area contributed by atoms with Crippen molar-refractivity contribution in [1.82, 2.24) is 10.2 Å². The molecule has 0 aromatic heterocycles. The number of carbonyl (C=O) groups is 2. The van der Waals surface area contributed by atoms with Crippen molar-refractivity contribution in [2.45, 2.75) is 65.6 Å². The van der Waals surface area contributed by atoms with Gasteiger partial charge in [0.1, 0.15) is 6.04 Å². The highest BCUT2D eigenvalue weighted by Gasteiger charge is 2.27. The normalized spacial score (nSPS) is 12.3. The lowest BCUT2D eigenvalue weighted by atomic mass is 10.1. The lowest BCUT2D eigenvalue weighted by Crippen LogP contribution is -2.49. The van der Waals surface area contributed by atoms with Crippen molar-refractivity contribution >= 4 is 39.1 Å². The molecule has 2 aromatic rings. The van der Waals surface area contributed by atoms with Crippen molar-refractivity contribution < 1.29 is 18.0 Å². The molecule has 0 bridgehead atoms. The second-order valence-corrected chi connectivity index (χ2v) is 11.3. The minimum Gasteiger partial charge on any atom is -0.352 e. The molecule has 0 fully saturated rings. The Bertz CT molecular complexity index is 1100. The van der Waals surface area contributed by atoms with Crippen molar-refractivity contribution in [3.05, 3.63) is 64.7 Å². The van der Waals surface area contributed by atoms with Crippen LogP contribution in [0, 0.1) is 0 Å². The molecule has 0 radical (unpaired) electrons. The van der Waals surface area contributed by atoms with Crippen molar-refractivity contribution in [1.29, 1.82) is 0 Å². The predicted molar refractivity (Wildman–Crippen MR) is 142 cm³/mol. The lowest BCUT2D eigenvalue weighted by molar-refractivity contribution is -0.140. The Kier molecular flexibility index (Phi) is 10.6. The number of nitrogens with zero attached hydrogens (tertiary/aromatic N) is 2. The van der Waals surface area contributed by atoms with E-state index >= 15 is 0 Å². The summed E-state index contributed by atoms with van der Waals surface area (Å²) in [5, 5.41) is 3.40. The zero-order valence-electron chi connectivity index (χ0n) is 21.1. The molecule has 0 spiro atoms. The maximum Gasteiger partial charge on any atom is 0.242 e. The molecule has 0 aliphatic heterocycles. The molecule has 35 heavy (non-hydrogen) atoms. The number of hydrogen-bond acceptors (Lipinski definition) is 4. The second kappa shape index (κ2) is 12.9. The number of benzene rings is 2. The Morgan fingerprint density at radius 2 is 1.69 bits per heavy atom. The molecule has 192 valence electrons. The first-order chi connectivity index (χ1) is 16.4. The third-order valence-corrected chi connectivity index (χ3v) is 7.05. The molecule has 0 saturated heterocycles. The largest absolute Gasteiger partial charge is 0.352 e. The second-order valence-electron chi connectivity index (χ2n) is 8.95. The maximum absolute atomic E-state index is 13.3. The quantitative estimate of drug-likeness (QED) is 0.448. The smallest absolute Gasteiger partial charge is 0.242 e. The molecule has 1 N–H and O–H groups in total. The lowest BCUT2D eigenvalue weighted by Gasteiger charge is -2.30. The molecule has 2 aromatic carbocycles. The molecular formula is C26H36ClN3O4S. The Hall–Kier alpha value is -2.58. The number of rotatable bonds is 12. The Morgan fingerprint density at radius 1 is 1.03 bits per heavy atom. The highest BCUT2D eigenvalue weighted by atomic mass is 35.5. The van der Waals surface area contributed by atoms with Crippen LogP contribution in [0.15, 0.2) is 48.5 Å². The fourth-order valence-electron chi connectivity index (χ4n) is 3.72. The molecule has 2 amide bonds. The zero-order chi connectivity index (χ0) is 26.2. The summed E-state index contributed by atoms with van der Waals surface area (Å²) in [4.78, 5) is 27.5. The first kappa shape index (κ1) is 28.7. The van der Waals surface area contributed by atoms with E-state index in [1.165, 1.54) is 9.21 Å². The van der Waals surface area contributed by atoms with E-state index in [2.05, 4.69) is 5.32 Å². The molecule has 0 saturated carbocycles. The van der Waals surface area contributed by atoms with Crippen molar-refractivity contribution in [3.63, 3.8) is 0 Å². The van der Waals surface area contributed by atoms with Crippen LogP contribution in [0.2, 0.25) is 5.02 Å². The van der Waals surface area contributed by atoms with E-state index in [1.54, 1.807) is 37.3 Å². The van der Waals surface area contributed by atoms with Gasteiger partial charge in [0, 0.05) is 30.6 Å². The zero-order valence-corrected chi connectivity index (χ0v) is 22.7. The summed E-state index contributed by atoms with van der Waals surface area (Å²) >= 11 is 6.11. The summed E-state index contributed by atoms with van der Waals surface area (Å²) in [5.74, 6) is -0.477. The van der Waals surface area contributed by atoms with E-state index in [0.29, 0.717) is 17.1 Å². The monoisotopic (exact) mass is 521 g/mol. The van der Waals surface area contributed by atoms with Gasteiger partial charge in [-0.3, -0.25) is 13.9 Å². The van der Waals surface area contributed by atoms with Crippen LogP contribution in [0.4, 0.5) is 5.69 Å². The molecule has 0 aliphatic rings. The van der Waals surface area contributed by atoms with Gasteiger partial charge in [-0.15, -0.1) is 0 Å². The predicted octanol–water partition coefficient (Wildman–Crippen LogP) is 4.39. The summed E-state index contributed by atoms with van der Waals surface area (Å²) in [7, 11) is -3.52. The van der Waals surface area contributed by atoms with Gasteiger partial charge >= 0.3 is 0 Å². The number of carbonyl (C=O) groups excluding carboxylic acids is 2.